The van der Waals surface area contributed by atoms with Gasteiger partial charge in [0.05, 0.1) is 0 Å². The Labute approximate surface area is 141 Å². The molecule has 0 radical (unpaired) electrons. The van der Waals surface area contributed by atoms with E-state index in [1.807, 2.05) is 3.28 Å². The summed E-state index contributed by atoms with van der Waals surface area (Å²) in [7, 11) is 0. The Morgan fingerprint density at radius 2 is 1.59 bits per heavy atom. The second-order valence-corrected chi connectivity index (χ2v) is 20.3. The fourth-order valence-electron chi connectivity index (χ4n) is 5.87. The van der Waals surface area contributed by atoms with Gasteiger partial charge in [0.2, 0.25) is 0 Å². The van der Waals surface area contributed by atoms with Crippen LogP contribution in [0.3, 0.4) is 0 Å². The number of hydrogen-bond donors (Lipinski definition) is 0. The van der Waals surface area contributed by atoms with Gasteiger partial charge in [-0.3, -0.25) is 0 Å². The summed E-state index contributed by atoms with van der Waals surface area (Å²) >= 11 is -2.37. The van der Waals surface area contributed by atoms with Crippen molar-refractivity contribution in [1.82, 2.24) is 0 Å². The van der Waals surface area contributed by atoms with Gasteiger partial charge in [-0.2, -0.15) is 0 Å². The molecule has 3 atom stereocenters. The van der Waals surface area contributed by atoms with Crippen LogP contribution < -0.4 is 0 Å². The van der Waals surface area contributed by atoms with Gasteiger partial charge in [-0.1, -0.05) is 0 Å². The van der Waals surface area contributed by atoms with Crippen LogP contribution in [0.2, 0.25) is 12.9 Å². The van der Waals surface area contributed by atoms with Crippen LogP contribution in [0.1, 0.15) is 47.5 Å². The van der Waals surface area contributed by atoms with Crippen LogP contribution in [0.4, 0.5) is 0 Å². The first-order valence-corrected chi connectivity index (χ1v) is 16.5. The molecule has 0 bridgehead atoms. The average molecular weight is 376 g/mol. The molecule has 0 amide bonds. The third-order valence-electron chi connectivity index (χ3n) is 7.21. The number of fused-ring (bicyclic) bond motifs is 1. The Hall–Kier alpha value is -0.157. The standard InChI is InChI=1S/C10H15.C9H11.2CH3.Zr/c1-7-6-10(4,5)9(3)8(7)2;1-2-5-9-7-3-6-8(9)4-1;;;/h1-5H3;1-2,4-6,8-9H,3,7H2;2*1H3;. The first-order chi connectivity index (χ1) is 10.2. The predicted octanol–water partition coefficient (Wildman–Crippen LogP) is 6.83. The summed E-state index contributed by atoms with van der Waals surface area (Å²) < 4.78 is 8.33. The monoisotopic (exact) mass is 374 g/mol. The molecule has 1 heteroatoms. The van der Waals surface area contributed by atoms with Crippen LogP contribution in [0.25, 0.3) is 0 Å². The molecule has 1 fully saturated rings. The summed E-state index contributed by atoms with van der Waals surface area (Å²) in [6, 6.07) is 0. The van der Waals surface area contributed by atoms with E-state index >= 15 is 0 Å². The maximum atomic E-state index is 2.72. The Bertz CT molecular complexity index is 610. The normalized spacial score (nSPS) is 33.9. The Kier molecular flexibility index (Phi) is 4.13. The van der Waals surface area contributed by atoms with Gasteiger partial charge in [-0.15, -0.1) is 0 Å². The van der Waals surface area contributed by atoms with E-state index in [0.717, 1.165) is 15.5 Å². The van der Waals surface area contributed by atoms with Gasteiger partial charge in [0, 0.05) is 0 Å². The Balaban J connectivity index is 2.01. The molecule has 0 aromatic carbocycles. The van der Waals surface area contributed by atoms with Crippen molar-refractivity contribution in [2.45, 2.75) is 60.3 Å². The SMILES string of the molecule is CC1=C(C)C(C)(C)[C]([Zr]([CH3])([CH3])[CH]2CCC3C=CC=CC32)=C1C. The molecule has 0 aromatic rings. The first-order valence-electron chi connectivity index (χ1n) is 8.94. The molecule has 0 nitrogen and oxygen atoms in total. The zero-order valence-electron chi connectivity index (χ0n) is 15.5. The summed E-state index contributed by atoms with van der Waals surface area (Å²) in [5, 5.41) is 0. The van der Waals surface area contributed by atoms with Crippen LogP contribution in [-0.2, 0) is 20.3 Å². The minimum atomic E-state index is -2.37. The van der Waals surface area contributed by atoms with Gasteiger partial charge in [0.1, 0.15) is 0 Å². The molecule has 120 valence electrons. The third-order valence-corrected chi connectivity index (χ3v) is 19.0. The molecule has 0 aliphatic heterocycles. The Morgan fingerprint density at radius 1 is 0.955 bits per heavy atom. The summed E-state index contributed by atoms with van der Waals surface area (Å²) in [4.78, 5) is 0. The van der Waals surface area contributed by atoms with Crippen molar-refractivity contribution in [1.29, 1.82) is 0 Å². The first kappa shape index (κ1) is 16.7. The molecule has 3 aliphatic rings. The average Bonchev–Trinajstić information content (AvgIpc) is 2.94. The summed E-state index contributed by atoms with van der Waals surface area (Å²) in [5.74, 6) is 1.65. The van der Waals surface area contributed by atoms with Gasteiger partial charge < -0.3 is 0 Å². The van der Waals surface area contributed by atoms with Crippen LogP contribution in [0, 0.1) is 17.3 Å². The molecule has 0 saturated heterocycles. The molecule has 0 heterocycles. The summed E-state index contributed by atoms with van der Waals surface area (Å²) in [6.45, 7) is 12.1. The third kappa shape index (κ3) is 2.26. The zero-order chi connectivity index (χ0) is 16.3. The van der Waals surface area contributed by atoms with Gasteiger partial charge in [-0.05, 0) is 0 Å². The molecule has 22 heavy (non-hydrogen) atoms. The minimum absolute atomic E-state index is 0.306. The van der Waals surface area contributed by atoms with Crippen LogP contribution >= 0.6 is 0 Å². The second kappa shape index (κ2) is 5.44. The molecule has 0 spiro atoms. The Morgan fingerprint density at radius 3 is 2.18 bits per heavy atom. The quantitative estimate of drug-likeness (QED) is 0.496. The molecular formula is C21H32Zr. The zero-order valence-corrected chi connectivity index (χ0v) is 17.9. The summed E-state index contributed by atoms with van der Waals surface area (Å²) in [6.07, 6.45) is 12.4. The van der Waals surface area contributed by atoms with Gasteiger partial charge in [0.15, 0.2) is 0 Å². The van der Waals surface area contributed by atoms with Crippen LogP contribution in [0.15, 0.2) is 44.3 Å². The van der Waals surface area contributed by atoms with Crippen molar-refractivity contribution in [3.05, 3.63) is 44.3 Å². The topological polar surface area (TPSA) is 0 Å². The van der Waals surface area contributed by atoms with Crippen molar-refractivity contribution < 1.29 is 20.3 Å². The van der Waals surface area contributed by atoms with Crippen LogP contribution in [-0.4, -0.2) is 0 Å². The number of hydrogen-bond acceptors (Lipinski definition) is 0. The van der Waals surface area contributed by atoms with E-state index in [1.165, 1.54) is 12.8 Å². The fraction of sp³-hybridized carbons (Fsp3) is 0.619. The van der Waals surface area contributed by atoms with E-state index in [4.69, 9.17) is 0 Å². The van der Waals surface area contributed by atoms with Crippen molar-refractivity contribution in [3.63, 3.8) is 0 Å². The van der Waals surface area contributed by atoms with Crippen molar-refractivity contribution in [3.8, 4) is 0 Å². The molecule has 1 saturated carbocycles. The summed E-state index contributed by atoms with van der Waals surface area (Å²) in [5.41, 5.74) is 5.17. The van der Waals surface area contributed by atoms with Crippen molar-refractivity contribution in [2.24, 2.45) is 17.3 Å². The molecule has 3 aliphatic carbocycles. The number of rotatable bonds is 2. The molecule has 3 unspecified atom stereocenters. The van der Waals surface area contributed by atoms with E-state index in [-0.39, 0.29) is 0 Å². The van der Waals surface area contributed by atoms with E-state index in [2.05, 4.69) is 68.2 Å². The number of allylic oxidation sites excluding steroid dienone is 8. The van der Waals surface area contributed by atoms with Gasteiger partial charge in [-0.25, -0.2) is 0 Å². The van der Waals surface area contributed by atoms with Gasteiger partial charge >= 0.3 is 142 Å². The molecule has 0 aromatic heterocycles. The van der Waals surface area contributed by atoms with Crippen LogP contribution in [0.5, 0.6) is 0 Å². The van der Waals surface area contributed by atoms with E-state index in [0.29, 0.717) is 5.41 Å². The van der Waals surface area contributed by atoms with Crippen molar-refractivity contribution >= 4 is 0 Å². The second-order valence-electron chi connectivity index (χ2n) is 8.79. The fourth-order valence-corrected chi connectivity index (χ4v) is 19.5. The molecule has 0 N–H and O–H groups in total. The van der Waals surface area contributed by atoms with E-state index in [9.17, 15) is 0 Å². The molecule has 3 rings (SSSR count). The van der Waals surface area contributed by atoms with Crippen molar-refractivity contribution in [2.75, 3.05) is 0 Å². The maximum absolute atomic E-state index is 2.72. The van der Waals surface area contributed by atoms with Gasteiger partial charge in [0.25, 0.3) is 0 Å². The van der Waals surface area contributed by atoms with E-state index in [1.54, 1.807) is 16.7 Å². The predicted molar refractivity (Wildman–Crippen MR) is 94.8 cm³/mol. The molecular weight excluding hydrogens is 343 g/mol. The van der Waals surface area contributed by atoms with E-state index < -0.39 is 20.3 Å².